The molecule has 3 nitrogen and oxygen atoms in total. The molecule has 1 fully saturated rings. The Morgan fingerprint density at radius 3 is 2.65 bits per heavy atom. The lowest BCUT2D eigenvalue weighted by molar-refractivity contribution is 0.414. The van der Waals surface area contributed by atoms with Gasteiger partial charge < -0.3 is 15.8 Å². The van der Waals surface area contributed by atoms with Gasteiger partial charge in [-0.15, -0.1) is 0 Å². The Morgan fingerprint density at radius 2 is 2.06 bits per heavy atom. The van der Waals surface area contributed by atoms with Crippen LogP contribution < -0.4 is 15.8 Å². The number of methoxy groups -OCH3 is 1. The van der Waals surface area contributed by atoms with Gasteiger partial charge in [0.15, 0.2) is 0 Å². The zero-order valence-corrected chi connectivity index (χ0v) is 10.9. The van der Waals surface area contributed by atoms with Crippen LogP contribution in [0.4, 0.5) is 11.4 Å². The predicted octanol–water partition coefficient (Wildman–Crippen LogP) is 3.12. The van der Waals surface area contributed by atoms with Crippen molar-refractivity contribution in [1.29, 1.82) is 0 Å². The van der Waals surface area contributed by atoms with Gasteiger partial charge in [-0.1, -0.05) is 13.8 Å². The normalized spacial score (nSPS) is 28.1. The van der Waals surface area contributed by atoms with Crippen LogP contribution in [0, 0.1) is 11.8 Å². The van der Waals surface area contributed by atoms with E-state index >= 15 is 0 Å². The van der Waals surface area contributed by atoms with Crippen molar-refractivity contribution in [2.24, 2.45) is 11.8 Å². The molecule has 0 aliphatic heterocycles. The van der Waals surface area contributed by atoms with E-state index in [2.05, 4.69) is 19.2 Å². The van der Waals surface area contributed by atoms with Crippen LogP contribution in [0.2, 0.25) is 0 Å². The molecule has 3 heteroatoms. The minimum atomic E-state index is 0.527. The maximum Gasteiger partial charge on any atom is 0.121 e. The summed E-state index contributed by atoms with van der Waals surface area (Å²) < 4.78 is 5.23. The van der Waals surface area contributed by atoms with Crippen LogP contribution in [0.15, 0.2) is 18.2 Å². The molecule has 0 heterocycles. The molecule has 2 rings (SSSR count). The molecule has 1 aromatic carbocycles. The van der Waals surface area contributed by atoms with Crippen molar-refractivity contribution in [2.75, 3.05) is 18.2 Å². The molecule has 17 heavy (non-hydrogen) atoms. The summed E-state index contributed by atoms with van der Waals surface area (Å²) in [5.74, 6) is 2.33. The zero-order valence-electron chi connectivity index (χ0n) is 10.9. The van der Waals surface area contributed by atoms with Gasteiger partial charge in [0.25, 0.3) is 0 Å². The van der Waals surface area contributed by atoms with Crippen molar-refractivity contribution in [1.82, 2.24) is 0 Å². The van der Waals surface area contributed by atoms with E-state index < -0.39 is 0 Å². The number of nitrogen functional groups attached to an aromatic ring is 1. The summed E-state index contributed by atoms with van der Waals surface area (Å²) >= 11 is 0. The van der Waals surface area contributed by atoms with Crippen LogP contribution in [0.3, 0.4) is 0 Å². The third-order valence-electron chi connectivity index (χ3n) is 4.07. The van der Waals surface area contributed by atoms with Crippen LogP contribution in [-0.2, 0) is 0 Å². The molecule has 1 saturated carbocycles. The molecule has 0 radical (unpaired) electrons. The smallest absolute Gasteiger partial charge is 0.121 e. The van der Waals surface area contributed by atoms with Gasteiger partial charge >= 0.3 is 0 Å². The summed E-state index contributed by atoms with van der Waals surface area (Å²) in [5, 5.41) is 3.56. The van der Waals surface area contributed by atoms with Gasteiger partial charge in [-0.05, 0) is 36.8 Å². The third kappa shape index (κ3) is 2.48. The van der Waals surface area contributed by atoms with E-state index in [1.165, 1.54) is 12.8 Å². The second-order valence-electron chi connectivity index (χ2n) is 5.12. The molecule has 1 aromatic rings. The molecular formula is C14H22N2O. The van der Waals surface area contributed by atoms with Crippen LogP contribution in [0.25, 0.3) is 0 Å². The minimum Gasteiger partial charge on any atom is -0.497 e. The molecule has 3 unspecified atom stereocenters. The Hall–Kier alpha value is -1.38. The molecule has 3 atom stereocenters. The topological polar surface area (TPSA) is 47.3 Å². The molecule has 0 bridgehead atoms. The van der Waals surface area contributed by atoms with Crippen LogP contribution in [-0.4, -0.2) is 13.2 Å². The first-order valence-electron chi connectivity index (χ1n) is 6.32. The molecule has 94 valence electrons. The van der Waals surface area contributed by atoms with Crippen LogP contribution >= 0.6 is 0 Å². The molecule has 1 aliphatic rings. The number of hydrogen-bond donors (Lipinski definition) is 2. The highest BCUT2D eigenvalue weighted by molar-refractivity contribution is 5.68. The number of ether oxygens (including phenoxy) is 1. The standard InChI is InChI=1S/C14H22N2O/c1-9-4-7-13(10(9)2)16-14-8-11(17-3)5-6-12(14)15/h5-6,8-10,13,16H,4,7,15H2,1-3H3. The van der Waals surface area contributed by atoms with E-state index in [0.29, 0.717) is 12.0 Å². The lowest BCUT2D eigenvalue weighted by atomic mass is 9.97. The number of rotatable bonds is 3. The fraction of sp³-hybridized carbons (Fsp3) is 0.571. The predicted molar refractivity (Wildman–Crippen MR) is 72.4 cm³/mol. The number of anilines is 2. The summed E-state index contributed by atoms with van der Waals surface area (Å²) in [7, 11) is 1.68. The highest BCUT2D eigenvalue weighted by Gasteiger charge is 2.29. The van der Waals surface area contributed by atoms with Gasteiger partial charge in [0.05, 0.1) is 18.5 Å². The van der Waals surface area contributed by atoms with Gasteiger partial charge in [0, 0.05) is 12.1 Å². The number of nitrogens with two attached hydrogens (primary N) is 1. The Balaban J connectivity index is 2.13. The summed E-state index contributed by atoms with van der Waals surface area (Å²) in [6, 6.07) is 6.29. The Kier molecular flexibility index (Phi) is 3.46. The van der Waals surface area contributed by atoms with Crippen molar-refractivity contribution in [3.8, 4) is 5.75 Å². The Labute approximate surface area is 103 Å². The monoisotopic (exact) mass is 234 g/mol. The van der Waals surface area contributed by atoms with Gasteiger partial charge in [-0.2, -0.15) is 0 Å². The van der Waals surface area contributed by atoms with E-state index in [0.717, 1.165) is 23.0 Å². The van der Waals surface area contributed by atoms with E-state index in [9.17, 15) is 0 Å². The van der Waals surface area contributed by atoms with E-state index in [1.54, 1.807) is 7.11 Å². The zero-order chi connectivity index (χ0) is 12.4. The first kappa shape index (κ1) is 12.1. The van der Waals surface area contributed by atoms with Gasteiger partial charge in [-0.25, -0.2) is 0 Å². The fourth-order valence-corrected chi connectivity index (χ4v) is 2.56. The van der Waals surface area contributed by atoms with E-state index in [-0.39, 0.29) is 0 Å². The van der Waals surface area contributed by atoms with Crippen molar-refractivity contribution in [3.63, 3.8) is 0 Å². The highest BCUT2D eigenvalue weighted by atomic mass is 16.5. The lowest BCUT2D eigenvalue weighted by Crippen LogP contribution is -2.24. The molecule has 0 aromatic heterocycles. The first-order valence-corrected chi connectivity index (χ1v) is 6.32. The quantitative estimate of drug-likeness (QED) is 0.790. The van der Waals surface area contributed by atoms with Gasteiger partial charge in [0.1, 0.15) is 5.75 Å². The molecule has 0 amide bonds. The maximum absolute atomic E-state index is 5.98. The average molecular weight is 234 g/mol. The summed E-state index contributed by atoms with van der Waals surface area (Å²) in [4.78, 5) is 0. The second-order valence-corrected chi connectivity index (χ2v) is 5.12. The molecule has 3 N–H and O–H groups in total. The number of hydrogen-bond acceptors (Lipinski definition) is 3. The molecule has 0 spiro atoms. The molecular weight excluding hydrogens is 212 g/mol. The molecule has 1 aliphatic carbocycles. The van der Waals surface area contributed by atoms with Crippen molar-refractivity contribution < 1.29 is 4.74 Å². The van der Waals surface area contributed by atoms with Crippen molar-refractivity contribution in [2.45, 2.75) is 32.7 Å². The third-order valence-corrected chi connectivity index (χ3v) is 4.07. The largest absolute Gasteiger partial charge is 0.497 e. The summed E-state index contributed by atoms with van der Waals surface area (Å²) in [5.41, 5.74) is 7.77. The van der Waals surface area contributed by atoms with E-state index in [4.69, 9.17) is 10.5 Å². The van der Waals surface area contributed by atoms with Crippen molar-refractivity contribution in [3.05, 3.63) is 18.2 Å². The van der Waals surface area contributed by atoms with E-state index in [1.807, 2.05) is 18.2 Å². The number of benzene rings is 1. The highest BCUT2D eigenvalue weighted by Crippen LogP contribution is 2.35. The average Bonchev–Trinajstić information content (AvgIpc) is 2.64. The Bertz CT molecular complexity index is 392. The van der Waals surface area contributed by atoms with Gasteiger partial charge in [-0.3, -0.25) is 0 Å². The second kappa shape index (κ2) is 4.86. The summed E-state index contributed by atoms with van der Waals surface area (Å²) in [6.45, 7) is 4.63. The number of nitrogens with one attached hydrogen (secondary N) is 1. The minimum absolute atomic E-state index is 0.527. The van der Waals surface area contributed by atoms with Crippen molar-refractivity contribution >= 4 is 11.4 Å². The summed E-state index contributed by atoms with van der Waals surface area (Å²) in [6.07, 6.45) is 2.52. The molecule has 0 saturated heterocycles. The Morgan fingerprint density at radius 1 is 1.29 bits per heavy atom. The first-order chi connectivity index (χ1) is 8.11. The SMILES string of the molecule is COc1ccc(N)c(NC2CCC(C)C2C)c1. The maximum atomic E-state index is 5.98. The van der Waals surface area contributed by atoms with Crippen LogP contribution in [0.5, 0.6) is 5.75 Å². The fourth-order valence-electron chi connectivity index (χ4n) is 2.56. The van der Waals surface area contributed by atoms with Gasteiger partial charge in [0.2, 0.25) is 0 Å². The van der Waals surface area contributed by atoms with Crippen LogP contribution in [0.1, 0.15) is 26.7 Å². The lowest BCUT2D eigenvalue weighted by Gasteiger charge is -2.22.